The van der Waals surface area contributed by atoms with Gasteiger partial charge in [-0.2, -0.15) is 0 Å². The SMILES string of the molecule is COc1ccc(N2C(=O)[C@H]([C@@H](C)O)[C@H]2[C@H]2COC(c3ccccc3)(c3ccccc3)O2)cc1. The summed E-state index contributed by atoms with van der Waals surface area (Å²) >= 11 is 0. The number of benzene rings is 3. The number of aliphatic hydroxyl groups is 1. The van der Waals surface area contributed by atoms with E-state index in [2.05, 4.69) is 0 Å². The van der Waals surface area contributed by atoms with Crippen molar-refractivity contribution in [2.45, 2.75) is 31.0 Å². The molecule has 0 unspecified atom stereocenters. The normalized spacial score (nSPS) is 24.9. The number of rotatable bonds is 6. The van der Waals surface area contributed by atoms with Gasteiger partial charge < -0.3 is 24.2 Å². The molecular formula is C27H27NO5. The van der Waals surface area contributed by atoms with Crippen LogP contribution in [0.4, 0.5) is 5.69 Å². The lowest BCUT2D eigenvalue weighted by molar-refractivity contribution is -0.159. The number of ether oxygens (including phenoxy) is 3. The third-order valence-corrected chi connectivity index (χ3v) is 6.52. The highest BCUT2D eigenvalue weighted by molar-refractivity contribution is 6.03. The van der Waals surface area contributed by atoms with Crippen molar-refractivity contribution in [2.24, 2.45) is 5.92 Å². The number of methoxy groups -OCH3 is 1. The number of hydrogen-bond acceptors (Lipinski definition) is 5. The van der Waals surface area contributed by atoms with Gasteiger partial charge in [0.05, 0.1) is 31.8 Å². The summed E-state index contributed by atoms with van der Waals surface area (Å²) in [6.07, 6.45) is -1.23. The average molecular weight is 446 g/mol. The smallest absolute Gasteiger partial charge is 0.235 e. The maximum atomic E-state index is 13.1. The number of hydrogen-bond donors (Lipinski definition) is 1. The molecule has 0 aromatic heterocycles. The highest BCUT2D eigenvalue weighted by Gasteiger charge is 2.58. The molecule has 2 fully saturated rings. The largest absolute Gasteiger partial charge is 0.497 e. The van der Waals surface area contributed by atoms with E-state index in [4.69, 9.17) is 14.2 Å². The van der Waals surface area contributed by atoms with Gasteiger partial charge in [0.2, 0.25) is 11.7 Å². The van der Waals surface area contributed by atoms with Gasteiger partial charge in [-0.3, -0.25) is 4.79 Å². The molecule has 1 amide bonds. The fraction of sp³-hybridized carbons (Fsp3) is 0.296. The van der Waals surface area contributed by atoms with Crippen LogP contribution in [0.3, 0.4) is 0 Å². The molecule has 0 aliphatic carbocycles. The molecule has 0 radical (unpaired) electrons. The van der Waals surface area contributed by atoms with Gasteiger partial charge >= 0.3 is 0 Å². The van der Waals surface area contributed by atoms with E-state index >= 15 is 0 Å². The summed E-state index contributed by atoms with van der Waals surface area (Å²) in [6, 6.07) is 26.6. The van der Waals surface area contributed by atoms with E-state index in [0.717, 1.165) is 16.8 Å². The molecule has 170 valence electrons. The molecule has 2 aliphatic rings. The van der Waals surface area contributed by atoms with E-state index < -0.39 is 23.9 Å². The number of carbonyl (C=O) groups is 1. The van der Waals surface area contributed by atoms with Gasteiger partial charge in [0.25, 0.3) is 0 Å². The zero-order chi connectivity index (χ0) is 23.0. The number of amides is 1. The van der Waals surface area contributed by atoms with Crippen molar-refractivity contribution in [3.63, 3.8) is 0 Å². The zero-order valence-corrected chi connectivity index (χ0v) is 18.6. The Balaban J connectivity index is 1.51. The number of anilines is 1. The molecule has 2 heterocycles. The molecule has 0 spiro atoms. The number of nitrogens with zero attached hydrogens (tertiary/aromatic N) is 1. The first-order chi connectivity index (χ1) is 16.0. The Morgan fingerprint density at radius 2 is 1.55 bits per heavy atom. The molecule has 0 saturated carbocycles. The topological polar surface area (TPSA) is 68.2 Å². The predicted molar refractivity (Wildman–Crippen MR) is 124 cm³/mol. The molecule has 5 rings (SSSR count). The molecule has 6 nitrogen and oxygen atoms in total. The van der Waals surface area contributed by atoms with Crippen LogP contribution < -0.4 is 9.64 Å². The van der Waals surface area contributed by atoms with Crippen LogP contribution in [0.2, 0.25) is 0 Å². The van der Waals surface area contributed by atoms with Gasteiger partial charge in [-0.05, 0) is 31.2 Å². The van der Waals surface area contributed by atoms with Gasteiger partial charge in [0.1, 0.15) is 11.9 Å². The molecule has 3 aromatic carbocycles. The maximum Gasteiger partial charge on any atom is 0.235 e. The number of aliphatic hydroxyl groups excluding tert-OH is 1. The van der Waals surface area contributed by atoms with E-state index in [-0.39, 0.29) is 18.6 Å². The lowest BCUT2D eigenvalue weighted by Gasteiger charge is -2.50. The summed E-state index contributed by atoms with van der Waals surface area (Å²) in [4.78, 5) is 14.8. The molecule has 2 aliphatic heterocycles. The molecule has 1 N–H and O–H groups in total. The lowest BCUT2D eigenvalue weighted by Crippen LogP contribution is -2.69. The summed E-state index contributed by atoms with van der Waals surface area (Å²) in [5.41, 5.74) is 2.51. The van der Waals surface area contributed by atoms with Gasteiger partial charge in [0.15, 0.2) is 0 Å². The van der Waals surface area contributed by atoms with E-state index in [9.17, 15) is 9.90 Å². The van der Waals surface area contributed by atoms with Gasteiger partial charge in [-0.15, -0.1) is 0 Å². The zero-order valence-electron chi connectivity index (χ0n) is 18.6. The van der Waals surface area contributed by atoms with Crippen LogP contribution >= 0.6 is 0 Å². The lowest BCUT2D eigenvalue weighted by atomic mass is 9.79. The molecular weight excluding hydrogens is 418 g/mol. The molecule has 33 heavy (non-hydrogen) atoms. The Bertz CT molecular complexity index is 1060. The quantitative estimate of drug-likeness (QED) is 0.586. The Hall–Kier alpha value is -3.19. The van der Waals surface area contributed by atoms with Crippen molar-refractivity contribution in [3.05, 3.63) is 96.1 Å². The van der Waals surface area contributed by atoms with Crippen molar-refractivity contribution in [3.8, 4) is 5.75 Å². The van der Waals surface area contributed by atoms with Crippen LogP contribution in [0, 0.1) is 5.92 Å². The standard InChI is InChI=1S/C27H27NO5/c1-18(29)24-25(28(26(24)30)21-13-15-22(31-2)16-14-21)23-17-32-27(33-23,19-9-5-3-6-10-19)20-11-7-4-8-12-20/h3-16,18,23-25,29H,17H2,1-2H3/t18-,23-,24-,25-/m1/s1. The third-order valence-electron chi connectivity index (χ3n) is 6.52. The monoisotopic (exact) mass is 445 g/mol. The first-order valence-corrected chi connectivity index (χ1v) is 11.1. The minimum atomic E-state index is -1.08. The summed E-state index contributed by atoms with van der Waals surface area (Å²) in [6.45, 7) is 1.94. The first kappa shape index (κ1) is 21.6. The van der Waals surface area contributed by atoms with Crippen LogP contribution in [-0.2, 0) is 20.1 Å². The fourth-order valence-corrected chi connectivity index (χ4v) is 4.90. The summed E-state index contributed by atoms with van der Waals surface area (Å²) in [7, 11) is 1.60. The molecule has 2 saturated heterocycles. The Labute approximate surface area is 193 Å². The van der Waals surface area contributed by atoms with Gasteiger partial charge in [0, 0.05) is 16.8 Å². The maximum absolute atomic E-state index is 13.1. The van der Waals surface area contributed by atoms with Crippen LogP contribution in [0.25, 0.3) is 0 Å². The van der Waals surface area contributed by atoms with Crippen molar-refractivity contribution >= 4 is 11.6 Å². The third kappa shape index (κ3) is 3.60. The Kier molecular flexibility index (Phi) is 5.66. The van der Waals surface area contributed by atoms with Crippen LogP contribution in [-0.4, -0.2) is 43.0 Å². The summed E-state index contributed by atoms with van der Waals surface area (Å²) in [5.74, 6) is -1.06. The molecule has 4 atom stereocenters. The highest BCUT2D eigenvalue weighted by atomic mass is 16.7. The van der Waals surface area contributed by atoms with E-state index in [0.29, 0.717) is 5.75 Å². The molecule has 6 heteroatoms. The summed E-state index contributed by atoms with van der Waals surface area (Å²) in [5, 5.41) is 10.4. The van der Waals surface area contributed by atoms with Gasteiger partial charge in [-0.1, -0.05) is 60.7 Å². The number of carbonyl (C=O) groups excluding carboxylic acids is 1. The highest BCUT2D eigenvalue weighted by Crippen LogP contribution is 2.46. The van der Waals surface area contributed by atoms with Crippen molar-refractivity contribution in [2.75, 3.05) is 18.6 Å². The van der Waals surface area contributed by atoms with E-state index in [1.54, 1.807) is 18.9 Å². The second-order valence-electron chi connectivity index (χ2n) is 8.48. The Morgan fingerprint density at radius 1 is 0.970 bits per heavy atom. The van der Waals surface area contributed by atoms with Gasteiger partial charge in [-0.25, -0.2) is 0 Å². The van der Waals surface area contributed by atoms with Crippen LogP contribution in [0.1, 0.15) is 18.1 Å². The van der Waals surface area contributed by atoms with E-state index in [1.807, 2.05) is 84.9 Å². The molecule has 0 bridgehead atoms. The van der Waals surface area contributed by atoms with Crippen molar-refractivity contribution in [1.29, 1.82) is 0 Å². The van der Waals surface area contributed by atoms with Crippen LogP contribution in [0.15, 0.2) is 84.9 Å². The second-order valence-corrected chi connectivity index (χ2v) is 8.48. The van der Waals surface area contributed by atoms with Crippen molar-refractivity contribution < 1.29 is 24.1 Å². The minimum Gasteiger partial charge on any atom is -0.497 e. The van der Waals surface area contributed by atoms with E-state index in [1.165, 1.54) is 0 Å². The fourth-order valence-electron chi connectivity index (χ4n) is 4.90. The minimum absolute atomic E-state index is 0.124. The Morgan fingerprint density at radius 3 is 2.06 bits per heavy atom. The second kappa shape index (κ2) is 8.63. The number of β-lactam (4-membered cyclic amide) rings is 1. The summed E-state index contributed by atoms with van der Waals surface area (Å²) < 4.78 is 18.4. The average Bonchev–Trinajstić information content (AvgIpc) is 3.29. The van der Waals surface area contributed by atoms with Crippen molar-refractivity contribution in [1.82, 2.24) is 0 Å². The first-order valence-electron chi connectivity index (χ1n) is 11.1. The molecule has 3 aromatic rings. The predicted octanol–water partition coefficient (Wildman–Crippen LogP) is 3.72. The van der Waals surface area contributed by atoms with Crippen LogP contribution in [0.5, 0.6) is 5.75 Å².